The normalized spacial score (nSPS) is 20.6. The molecule has 0 radical (unpaired) electrons. The number of carbonyl (C=O) groups is 1. The highest BCUT2D eigenvalue weighted by Gasteiger charge is 2.34. The van der Waals surface area contributed by atoms with E-state index >= 15 is 0 Å². The Balaban J connectivity index is 1.13. The lowest BCUT2D eigenvalue weighted by molar-refractivity contribution is -0.132. The van der Waals surface area contributed by atoms with Gasteiger partial charge in [0.15, 0.2) is 0 Å². The maximum absolute atomic E-state index is 13.5. The molecule has 200 valence electrons. The van der Waals surface area contributed by atoms with Crippen molar-refractivity contribution in [2.75, 3.05) is 45.1 Å². The Kier molecular flexibility index (Phi) is 9.01. The van der Waals surface area contributed by atoms with Gasteiger partial charge in [0.25, 0.3) is 0 Å². The zero-order chi connectivity index (χ0) is 26.3. The molecule has 5 rings (SSSR count). The molecule has 1 N–H and O–H groups in total. The zero-order valence-electron chi connectivity index (χ0n) is 21.1. The van der Waals surface area contributed by atoms with Gasteiger partial charge >= 0.3 is 0 Å². The van der Waals surface area contributed by atoms with E-state index in [1.54, 1.807) is 42.2 Å². The largest absolute Gasteiger partial charge is 0.367 e. The first kappa shape index (κ1) is 26.7. The third kappa shape index (κ3) is 6.77. The number of nitrogens with one attached hydrogen (secondary N) is 1. The number of benzene rings is 2. The lowest BCUT2D eigenvalue weighted by Gasteiger charge is -2.25. The monoisotopic (exact) mass is 538 g/mol. The van der Waals surface area contributed by atoms with E-state index in [-0.39, 0.29) is 29.0 Å². The van der Waals surface area contributed by atoms with Crippen LogP contribution in [0.2, 0.25) is 0 Å². The van der Waals surface area contributed by atoms with Crippen LogP contribution in [0, 0.1) is 11.6 Å². The molecule has 0 bridgehead atoms. The van der Waals surface area contributed by atoms with Crippen molar-refractivity contribution in [3.63, 3.8) is 0 Å². The molecule has 3 heterocycles. The number of aromatic nitrogens is 1. The van der Waals surface area contributed by atoms with Crippen molar-refractivity contribution >= 4 is 17.7 Å². The predicted molar refractivity (Wildman–Crippen MR) is 145 cm³/mol. The van der Waals surface area contributed by atoms with Gasteiger partial charge < -0.3 is 9.64 Å². The van der Waals surface area contributed by atoms with Crippen molar-refractivity contribution in [3.8, 4) is 0 Å². The highest BCUT2D eigenvalue weighted by Crippen LogP contribution is 2.33. The first-order valence-electron chi connectivity index (χ1n) is 13.0. The average Bonchev–Trinajstić information content (AvgIpc) is 3.33. The van der Waals surface area contributed by atoms with E-state index in [0.717, 1.165) is 48.5 Å². The minimum absolute atomic E-state index is 0.0911. The van der Waals surface area contributed by atoms with Crippen LogP contribution in [0.15, 0.2) is 73.1 Å². The molecule has 1 aromatic heterocycles. The minimum atomic E-state index is -0.417. The maximum atomic E-state index is 13.5. The standard InChI is InChI=1S/C29H32F2N4O2S/c30-24-8-4-21(5-9-24)27(22-6-10-25(31)11-7-22)37-18-17-34-13-2-14-35(16-15-34)29(36)26-20-38-28(33-26)23-3-1-12-32-19-23/h1,3-12,19,26-28,33H,2,13-18,20H2/t26-,28?/m0/s1. The van der Waals surface area contributed by atoms with Crippen LogP contribution < -0.4 is 5.32 Å². The molecule has 1 unspecified atom stereocenters. The van der Waals surface area contributed by atoms with Gasteiger partial charge in [-0.1, -0.05) is 30.3 Å². The number of pyridine rings is 1. The third-order valence-corrected chi connectivity index (χ3v) is 8.27. The number of hydrogen-bond donors (Lipinski definition) is 1. The number of halogens is 2. The summed E-state index contributed by atoms with van der Waals surface area (Å²) in [6.07, 6.45) is 4.09. The second-order valence-corrected chi connectivity index (χ2v) is 10.7. The molecule has 0 saturated carbocycles. The molecule has 0 spiro atoms. The summed E-state index contributed by atoms with van der Waals surface area (Å²) in [5.41, 5.74) is 2.73. The number of hydrogen-bond acceptors (Lipinski definition) is 6. The van der Waals surface area contributed by atoms with Gasteiger partial charge in [-0.3, -0.25) is 20.0 Å². The number of carbonyl (C=O) groups excluding carboxylic acids is 1. The Hall–Kier alpha value is -2.85. The van der Waals surface area contributed by atoms with Gasteiger partial charge in [0.05, 0.1) is 18.0 Å². The summed E-state index contributed by atoms with van der Waals surface area (Å²) in [5, 5.41) is 3.56. The number of rotatable bonds is 8. The van der Waals surface area contributed by atoms with E-state index in [1.165, 1.54) is 24.3 Å². The minimum Gasteiger partial charge on any atom is -0.367 e. The van der Waals surface area contributed by atoms with E-state index in [0.29, 0.717) is 19.7 Å². The van der Waals surface area contributed by atoms with Gasteiger partial charge in [-0.2, -0.15) is 0 Å². The van der Waals surface area contributed by atoms with Crippen molar-refractivity contribution in [1.29, 1.82) is 0 Å². The highest BCUT2D eigenvalue weighted by molar-refractivity contribution is 7.99. The van der Waals surface area contributed by atoms with E-state index in [1.807, 2.05) is 23.2 Å². The van der Waals surface area contributed by atoms with Crippen molar-refractivity contribution in [2.24, 2.45) is 0 Å². The first-order valence-corrected chi connectivity index (χ1v) is 14.0. The highest BCUT2D eigenvalue weighted by atomic mass is 32.2. The van der Waals surface area contributed by atoms with E-state index in [9.17, 15) is 13.6 Å². The summed E-state index contributed by atoms with van der Waals surface area (Å²) >= 11 is 1.75. The van der Waals surface area contributed by atoms with E-state index < -0.39 is 6.10 Å². The average molecular weight is 539 g/mol. The summed E-state index contributed by atoms with van der Waals surface area (Å²) in [7, 11) is 0. The van der Waals surface area contributed by atoms with Gasteiger partial charge in [-0.05, 0) is 60.0 Å². The number of ether oxygens (including phenoxy) is 1. The fourth-order valence-corrected chi connectivity index (χ4v) is 6.15. The van der Waals surface area contributed by atoms with Crippen molar-refractivity contribution in [1.82, 2.24) is 20.1 Å². The number of amides is 1. The van der Waals surface area contributed by atoms with Crippen LogP contribution in [0.4, 0.5) is 8.78 Å². The Bertz CT molecular complexity index is 1140. The molecule has 2 aromatic carbocycles. The van der Waals surface area contributed by atoms with Crippen LogP contribution >= 0.6 is 11.8 Å². The van der Waals surface area contributed by atoms with Crippen LogP contribution in [-0.2, 0) is 9.53 Å². The number of thioether (sulfide) groups is 1. The molecule has 2 aliphatic heterocycles. The van der Waals surface area contributed by atoms with Gasteiger partial charge in [0, 0.05) is 44.3 Å². The molecular weight excluding hydrogens is 506 g/mol. The van der Waals surface area contributed by atoms with Crippen LogP contribution in [0.5, 0.6) is 0 Å². The molecule has 6 nitrogen and oxygen atoms in total. The van der Waals surface area contributed by atoms with Gasteiger partial charge in [0.2, 0.25) is 5.91 Å². The smallest absolute Gasteiger partial charge is 0.240 e. The summed E-state index contributed by atoms with van der Waals surface area (Å²) in [6, 6.07) is 16.2. The Morgan fingerprint density at radius 3 is 2.37 bits per heavy atom. The van der Waals surface area contributed by atoms with Crippen molar-refractivity contribution < 1.29 is 18.3 Å². The van der Waals surface area contributed by atoms with Gasteiger partial charge in [-0.15, -0.1) is 11.8 Å². The topological polar surface area (TPSA) is 57.7 Å². The fourth-order valence-electron chi connectivity index (χ4n) is 4.93. The van der Waals surface area contributed by atoms with Gasteiger partial charge in [-0.25, -0.2) is 8.78 Å². The molecule has 2 fully saturated rings. The van der Waals surface area contributed by atoms with Gasteiger partial charge in [0.1, 0.15) is 17.7 Å². The molecule has 0 aliphatic carbocycles. The molecule has 1 amide bonds. The fraction of sp³-hybridized carbons (Fsp3) is 0.379. The van der Waals surface area contributed by atoms with Crippen LogP contribution in [0.3, 0.4) is 0 Å². The summed E-state index contributed by atoms with van der Waals surface area (Å²) in [6.45, 7) is 4.25. The van der Waals surface area contributed by atoms with Crippen molar-refractivity contribution in [3.05, 3.63) is 101 Å². The lowest BCUT2D eigenvalue weighted by atomic mass is 10.0. The molecule has 2 aliphatic rings. The Labute approximate surface area is 226 Å². The summed E-state index contributed by atoms with van der Waals surface area (Å²) in [5.74, 6) is 0.291. The quantitative estimate of drug-likeness (QED) is 0.459. The van der Waals surface area contributed by atoms with E-state index in [2.05, 4.69) is 15.2 Å². The lowest BCUT2D eigenvalue weighted by Crippen LogP contribution is -2.46. The SMILES string of the molecule is O=C([C@@H]1CSC(c2cccnc2)N1)N1CCCN(CCOC(c2ccc(F)cc2)c2ccc(F)cc2)CC1. The van der Waals surface area contributed by atoms with E-state index in [4.69, 9.17) is 4.74 Å². The molecule has 2 atom stereocenters. The van der Waals surface area contributed by atoms with Crippen molar-refractivity contribution in [2.45, 2.75) is 23.9 Å². The zero-order valence-corrected chi connectivity index (χ0v) is 22.0. The summed E-state index contributed by atoms with van der Waals surface area (Å²) < 4.78 is 33.2. The molecular formula is C29H32F2N4O2S. The van der Waals surface area contributed by atoms with Crippen LogP contribution in [-0.4, -0.2) is 71.8 Å². The third-order valence-electron chi connectivity index (χ3n) is 7.01. The molecule has 9 heteroatoms. The maximum Gasteiger partial charge on any atom is 0.240 e. The Morgan fingerprint density at radius 1 is 1.00 bits per heavy atom. The molecule has 38 heavy (non-hydrogen) atoms. The summed E-state index contributed by atoms with van der Waals surface area (Å²) in [4.78, 5) is 21.7. The number of nitrogens with zero attached hydrogens (tertiary/aromatic N) is 3. The van der Waals surface area contributed by atoms with Crippen LogP contribution in [0.25, 0.3) is 0 Å². The second kappa shape index (κ2) is 12.8. The second-order valence-electron chi connectivity index (χ2n) is 9.59. The predicted octanol–water partition coefficient (Wildman–Crippen LogP) is 4.40. The molecule has 3 aromatic rings. The molecule has 2 saturated heterocycles. The Morgan fingerprint density at radius 2 is 1.71 bits per heavy atom. The first-order chi connectivity index (χ1) is 18.6. The van der Waals surface area contributed by atoms with Crippen LogP contribution in [0.1, 0.15) is 34.6 Å².